The molecule has 1 radical (unpaired) electrons. The van der Waals surface area contributed by atoms with Crippen molar-refractivity contribution >= 4 is 11.8 Å². The molecule has 1 aliphatic carbocycles. The second-order valence-corrected chi connectivity index (χ2v) is 7.64. The summed E-state index contributed by atoms with van der Waals surface area (Å²) in [5, 5.41) is 21.4. The van der Waals surface area contributed by atoms with Crippen LogP contribution in [0.5, 0.6) is 0 Å². The van der Waals surface area contributed by atoms with Crippen molar-refractivity contribution in [1.29, 1.82) is 0 Å². The number of benzene rings is 1. The highest BCUT2D eigenvalue weighted by Crippen LogP contribution is 2.42. The average molecular weight is 361 g/mol. The molecule has 1 fully saturated rings. The van der Waals surface area contributed by atoms with Crippen molar-refractivity contribution in [2.45, 2.75) is 50.7 Å². The van der Waals surface area contributed by atoms with Crippen LogP contribution in [0.1, 0.15) is 38.2 Å². The third-order valence-electron chi connectivity index (χ3n) is 5.33. The van der Waals surface area contributed by atoms with Gasteiger partial charge in [-0.3, -0.25) is 9.59 Å². The van der Waals surface area contributed by atoms with Gasteiger partial charge in [-0.15, -0.1) is 0 Å². The number of hydrogen-bond acceptors (Lipinski definition) is 4. The van der Waals surface area contributed by atoms with E-state index in [0.717, 1.165) is 5.56 Å². The van der Waals surface area contributed by atoms with Gasteiger partial charge in [-0.25, -0.2) is 0 Å². The maximum absolute atomic E-state index is 12.0. The van der Waals surface area contributed by atoms with Gasteiger partial charge in [0.15, 0.2) is 0 Å². The van der Waals surface area contributed by atoms with E-state index in [1.54, 1.807) is 6.42 Å². The van der Waals surface area contributed by atoms with Gasteiger partial charge in [0.05, 0.1) is 17.6 Å². The molecule has 6 heteroatoms. The number of carbonyl (C=O) groups excluding carboxylic acids is 2. The summed E-state index contributed by atoms with van der Waals surface area (Å²) >= 11 is 0. The molecule has 143 valence electrons. The molecule has 0 spiro atoms. The van der Waals surface area contributed by atoms with Gasteiger partial charge < -0.3 is 21.7 Å². The van der Waals surface area contributed by atoms with Crippen molar-refractivity contribution in [2.24, 2.45) is 29.2 Å². The number of rotatable bonds is 8. The molecule has 6 N–H and O–H groups in total. The van der Waals surface area contributed by atoms with Crippen LogP contribution in [-0.2, 0) is 16.0 Å². The summed E-state index contributed by atoms with van der Waals surface area (Å²) in [5.41, 5.74) is 10.6. The first-order chi connectivity index (χ1) is 12.2. The van der Waals surface area contributed by atoms with Gasteiger partial charge in [0, 0.05) is 5.92 Å². The zero-order valence-electron chi connectivity index (χ0n) is 15.2. The van der Waals surface area contributed by atoms with Crippen molar-refractivity contribution < 1.29 is 19.8 Å². The molecule has 0 aromatic heterocycles. The maximum atomic E-state index is 12.0. The Bertz CT molecular complexity index is 621. The lowest BCUT2D eigenvalue weighted by atomic mass is 9.66. The Morgan fingerprint density at radius 1 is 1.27 bits per heavy atom. The van der Waals surface area contributed by atoms with Gasteiger partial charge in [0.25, 0.3) is 0 Å². The zero-order chi connectivity index (χ0) is 19.3. The number of nitrogens with two attached hydrogens (primary N) is 2. The molecular weight excluding hydrogens is 332 g/mol. The number of aliphatic hydroxyl groups excluding tert-OH is 1. The van der Waals surface area contributed by atoms with Crippen LogP contribution in [0.25, 0.3) is 0 Å². The molecular formula is C20H29N2O4. The van der Waals surface area contributed by atoms with Crippen molar-refractivity contribution in [1.82, 2.24) is 0 Å². The van der Waals surface area contributed by atoms with E-state index in [0.29, 0.717) is 19.3 Å². The Kier molecular flexibility index (Phi) is 6.78. The van der Waals surface area contributed by atoms with Gasteiger partial charge in [-0.2, -0.15) is 0 Å². The summed E-state index contributed by atoms with van der Waals surface area (Å²) in [5.74, 6) is -2.53. The van der Waals surface area contributed by atoms with Gasteiger partial charge in [0.1, 0.15) is 0 Å². The van der Waals surface area contributed by atoms with E-state index in [-0.39, 0.29) is 18.8 Å². The molecule has 6 nitrogen and oxygen atoms in total. The predicted molar refractivity (Wildman–Crippen MR) is 98.4 cm³/mol. The van der Waals surface area contributed by atoms with Crippen LogP contribution < -0.4 is 11.5 Å². The van der Waals surface area contributed by atoms with E-state index in [4.69, 9.17) is 11.5 Å². The molecule has 0 heterocycles. The number of aliphatic hydroxyl groups is 2. The first-order valence-electron chi connectivity index (χ1n) is 9.07. The standard InChI is InChI=1S/C20H29N2O4/c1-13-9-15(18(21)24)12-20(26,11-13)17(19(22)25)10-16(23)8-7-14-5-3-2-4-6-14/h2-6,8,13,15-17,23,26H,7,9-12H2,1H3,(H2,21,24)(H2,22,25)/t13?,15?,16-,17+,20-/m0/s1. The lowest BCUT2D eigenvalue weighted by molar-refractivity contribution is -0.146. The van der Waals surface area contributed by atoms with Gasteiger partial charge in [0.2, 0.25) is 11.8 Å². The van der Waals surface area contributed by atoms with E-state index in [1.807, 2.05) is 37.3 Å². The second kappa shape index (κ2) is 8.64. The highest BCUT2D eigenvalue weighted by molar-refractivity contribution is 5.79. The van der Waals surface area contributed by atoms with E-state index in [1.165, 1.54) is 0 Å². The minimum absolute atomic E-state index is 0.0247. The fraction of sp³-hybridized carbons (Fsp3) is 0.550. The minimum atomic E-state index is -1.43. The smallest absolute Gasteiger partial charge is 0.223 e. The van der Waals surface area contributed by atoms with Crippen LogP contribution in [0.2, 0.25) is 0 Å². The fourth-order valence-corrected chi connectivity index (χ4v) is 4.09. The molecule has 1 aromatic rings. The third kappa shape index (κ3) is 5.29. The molecule has 1 aromatic carbocycles. The molecule has 0 saturated heterocycles. The summed E-state index contributed by atoms with van der Waals surface area (Å²) in [7, 11) is 0. The van der Waals surface area contributed by atoms with E-state index in [9.17, 15) is 19.8 Å². The fourth-order valence-electron chi connectivity index (χ4n) is 4.09. The van der Waals surface area contributed by atoms with Crippen LogP contribution in [0.3, 0.4) is 0 Å². The maximum Gasteiger partial charge on any atom is 0.223 e. The normalized spacial score (nSPS) is 28.3. The second-order valence-electron chi connectivity index (χ2n) is 7.64. The van der Waals surface area contributed by atoms with E-state index >= 15 is 0 Å². The first kappa shape index (κ1) is 20.4. The van der Waals surface area contributed by atoms with Crippen molar-refractivity contribution in [3.63, 3.8) is 0 Å². The predicted octanol–water partition coefficient (Wildman–Crippen LogP) is 0.938. The molecule has 1 saturated carbocycles. The number of carbonyl (C=O) groups is 2. The van der Waals surface area contributed by atoms with E-state index in [2.05, 4.69) is 0 Å². The molecule has 0 bridgehead atoms. The quantitative estimate of drug-likeness (QED) is 0.549. The van der Waals surface area contributed by atoms with Crippen LogP contribution in [0.15, 0.2) is 30.3 Å². The van der Waals surface area contributed by atoms with Crippen LogP contribution in [0, 0.1) is 24.2 Å². The summed E-state index contributed by atoms with van der Waals surface area (Å²) in [4.78, 5) is 23.6. The topological polar surface area (TPSA) is 127 Å². The third-order valence-corrected chi connectivity index (χ3v) is 5.33. The molecule has 0 aliphatic heterocycles. The first-order valence-corrected chi connectivity index (χ1v) is 9.07. The highest BCUT2D eigenvalue weighted by Gasteiger charge is 2.47. The van der Waals surface area contributed by atoms with Crippen LogP contribution >= 0.6 is 0 Å². The monoisotopic (exact) mass is 361 g/mol. The summed E-state index contributed by atoms with van der Waals surface area (Å²) in [6.07, 6.45) is 2.43. The lowest BCUT2D eigenvalue weighted by Gasteiger charge is -2.43. The molecule has 5 atom stereocenters. The molecule has 2 unspecified atom stereocenters. The molecule has 2 rings (SSSR count). The molecule has 26 heavy (non-hydrogen) atoms. The lowest BCUT2D eigenvalue weighted by Crippen LogP contribution is -2.52. The van der Waals surface area contributed by atoms with Crippen molar-refractivity contribution in [3.8, 4) is 0 Å². The zero-order valence-corrected chi connectivity index (χ0v) is 15.2. The highest BCUT2D eigenvalue weighted by atomic mass is 16.3. The Labute approximate surface area is 154 Å². The number of primary amides is 2. The van der Waals surface area contributed by atoms with Crippen LogP contribution in [-0.4, -0.2) is 33.7 Å². The SMILES string of the molecule is CC1CC(C(N)=O)C[C@](O)([C@H](C[C@@H](O)[CH]Cc2ccccc2)C(N)=O)C1. The largest absolute Gasteiger partial charge is 0.393 e. The minimum Gasteiger partial charge on any atom is -0.393 e. The number of amides is 2. The average Bonchev–Trinajstić information content (AvgIpc) is 2.57. The summed E-state index contributed by atoms with van der Waals surface area (Å²) in [6.45, 7) is 1.91. The summed E-state index contributed by atoms with van der Waals surface area (Å²) in [6, 6.07) is 9.64. The Morgan fingerprint density at radius 3 is 2.50 bits per heavy atom. The van der Waals surface area contributed by atoms with Crippen molar-refractivity contribution in [3.05, 3.63) is 42.3 Å². The van der Waals surface area contributed by atoms with Crippen LogP contribution in [0.4, 0.5) is 0 Å². The Hall–Kier alpha value is -1.92. The van der Waals surface area contributed by atoms with Gasteiger partial charge in [-0.1, -0.05) is 37.3 Å². The Balaban J connectivity index is 2.04. The van der Waals surface area contributed by atoms with Gasteiger partial charge >= 0.3 is 0 Å². The van der Waals surface area contributed by atoms with Gasteiger partial charge in [-0.05, 0) is 50.0 Å². The molecule has 2 amide bonds. The number of hydrogen-bond donors (Lipinski definition) is 4. The molecule has 1 aliphatic rings. The van der Waals surface area contributed by atoms with Crippen molar-refractivity contribution in [2.75, 3.05) is 0 Å². The van der Waals surface area contributed by atoms with E-state index < -0.39 is 35.4 Å². The summed E-state index contributed by atoms with van der Waals surface area (Å²) < 4.78 is 0. The Morgan fingerprint density at radius 2 is 1.92 bits per heavy atom.